The highest BCUT2D eigenvalue weighted by atomic mass is 16.3. The van der Waals surface area contributed by atoms with E-state index in [-0.39, 0.29) is 11.0 Å². The summed E-state index contributed by atoms with van der Waals surface area (Å²) in [5.41, 5.74) is 5.13. The number of hydrogen-bond acceptors (Lipinski definition) is 2. The van der Waals surface area contributed by atoms with E-state index in [0.29, 0.717) is 0 Å². The van der Waals surface area contributed by atoms with Crippen LogP contribution >= 0.6 is 0 Å². The molecule has 3 heteroatoms. The summed E-state index contributed by atoms with van der Waals surface area (Å²) in [5.74, 6) is 0.757. The molecule has 0 atom stereocenters. The van der Waals surface area contributed by atoms with E-state index >= 15 is 0 Å². The highest BCUT2D eigenvalue weighted by Crippen LogP contribution is 2.50. The number of fused-ring (bicyclic) bond motifs is 5. The lowest BCUT2D eigenvalue weighted by Crippen LogP contribution is -2.40. The third kappa shape index (κ3) is 4.67. The Morgan fingerprint density at radius 2 is 1.30 bits per heavy atom. The molecule has 7 rings (SSSR count). The number of pyridine rings is 1. The lowest BCUT2D eigenvalue weighted by molar-refractivity contribution is -0.0475. The fourth-order valence-electron chi connectivity index (χ4n) is 5.85. The topological polar surface area (TPSA) is 41.7 Å². The van der Waals surface area contributed by atoms with E-state index in [4.69, 9.17) is 0 Å². The number of aliphatic hydroxyl groups is 1. The molecule has 4 aromatic carbocycles. The van der Waals surface area contributed by atoms with Gasteiger partial charge < -0.3 is 5.11 Å². The molecular formula is C37H41NO2. The van der Waals surface area contributed by atoms with Gasteiger partial charge in [0.15, 0.2) is 0 Å². The van der Waals surface area contributed by atoms with Crippen LogP contribution in [0.1, 0.15) is 59.9 Å². The zero-order valence-electron chi connectivity index (χ0n) is 24.9. The number of aryl methyl sites for hydroxylation is 1. The molecule has 40 heavy (non-hydrogen) atoms. The van der Waals surface area contributed by atoms with Crippen LogP contribution in [0.2, 0.25) is 0 Å². The van der Waals surface area contributed by atoms with Gasteiger partial charge in [0.1, 0.15) is 0 Å². The molecule has 0 radical (unpaired) electrons. The Labute approximate surface area is 237 Å². The average Bonchev–Trinajstić information content (AvgIpc) is 3.76. The van der Waals surface area contributed by atoms with Crippen LogP contribution in [0.15, 0.2) is 89.7 Å². The summed E-state index contributed by atoms with van der Waals surface area (Å²) in [6.07, 6.45) is 2.61. The van der Waals surface area contributed by atoms with Crippen molar-refractivity contribution in [3.05, 3.63) is 101 Å². The van der Waals surface area contributed by atoms with Crippen LogP contribution in [0.4, 0.5) is 0 Å². The molecule has 0 amide bonds. The van der Waals surface area contributed by atoms with Gasteiger partial charge in [-0.3, -0.25) is 9.20 Å². The Balaban J connectivity index is 0.000000228. The second-order valence-electron chi connectivity index (χ2n) is 12.0. The second-order valence-corrected chi connectivity index (χ2v) is 12.0. The molecule has 1 saturated carbocycles. The van der Waals surface area contributed by atoms with Gasteiger partial charge in [0.05, 0.1) is 16.6 Å². The number of rotatable bonds is 3. The number of nitrogens with zero attached hydrogens (tertiary/aromatic N) is 1. The fourth-order valence-corrected chi connectivity index (χ4v) is 5.85. The highest BCUT2D eigenvalue weighted by Gasteiger charge is 2.46. The van der Waals surface area contributed by atoms with Gasteiger partial charge in [-0.05, 0) is 97.4 Å². The first-order valence-electron chi connectivity index (χ1n) is 14.6. The first-order valence-corrected chi connectivity index (χ1v) is 14.6. The predicted molar refractivity (Wildman–Crippen MR) is 172 cm³/mol. The molecule has 0 spiro atoms. The van der Waals surface area contributed by atoms with Crippen LogP contribution in [-0.2, 0) is 0 Å². The first kappa shape index (κ1) is 27.9. The van der Waals surface area contributed by atoms with Crippen LogP contribution in [0, 0.1) is 18.3 Å². The molecule has 3 nitrogen and oxygen atoms in total. The number of aromatic nitrogens is 1. The zero-order valence-corrected chi connectivity index (χ0v) is 24.9. The number of para-hydroxylation sites is 1. The maximum absolute atomic E-state index is 13.5. The van der Waals surface area contributed by atoms with E-state index in [0.717, 1.165) is 55.0 Å². The summed E-state index contributed by atoms with van der Waals surface area (Å²) < 4.78 is 1.89. The molecular weight excluding hydrogens is 490 g/mol. The lowest BCUT2D eigenvalue weighted by atomic mass is 9.73. The molecule has 1 fully saturated rings. The van der Waals surface area contributed by atoms with Crippen molar-refractivity contribution in [1.29, 1.82) is 0 Å². The summed E-state index contributed by atoms with van der Waals surface area (Å²) in [6, 6.07) is 29.1. The molecule has 2 aromatic heterocycles. The summed E-state index contributed by atoms with van der Waals surface area (Å²) in [7, 11) is 0. The van der Waals surface area contributed by atoms with E-state index in [1.807, 2.05) is 74.6 Å². The van der Waals surface area contributed by atoms with Crippen molar-refractivity contribution in [2.75, 3.05) is 0 Å². The summed E-state index contributed by atoms with van der Waals surface area (Å²) in [5, 5.41) is 15.0. The molecule has 1 N–H and O–H groups in total. The Kier molecular flexibility index (Phi) is 7.22. The third-order valence-corrected chi connectivity index (χ3v) is 8.94. The van der Waals surface area contributed by atoms with Crippen LogP contribution in [0.3, 0.4) is 0 Å². The molecule has 206 valence electrons. The molecule has 2 heterocycles. The van der Waals surface area contributed by atoms with E-state index in [1.165, 1.54) is 18.4 Å². The van der Waals surface area contributed by atoms with Crippen LogP contribution in [0.5, 0.6) is 0 Å². The fraction of sp³-hybridized carbons (Fsp3) is 0.324. The van der Waals surface area contributed by atoms with E-state index in [9.17, 15) is 9.90 Å². The van der Waals surface area contributed by atoms with Crippen molar-refractivity contribution in [1.82, 2.24) is 4.40 Å². The van der Waals surface area contributed by atoms with Gasteiger partial charge in [-0.25, -0.2) is 0 Å². The normalized spacial score (nSPS) is 13.8. The summed E-state index contributed by atoms with van der Waals surface area (Å²) >= 11 is 0. The minimum Gasteiger partial charge on any atom is -0.390 e. The van der Waals surface area contributed by atoms with Crippen LogP contribution in [-0.4, -0.2) is 15.1 Å². The molecule has 0 saturated heterocycles. The molecule has 6 aromatic rings. The van der Waals surface area contributed by atoms with Crippen molar-refractivity contribution in [3.8, 4) is 11.1 Å². The minimum absolute atomic E-state index is 0.0529. The average molecular weight is 532 g/mol. The van der Waals surface area contributed by atoms with Crippen molar-refractivity contribution < 1.29 is 5.11 Å². The molecule has 0 unspecified atom stereocenters. The van der Waals surface area contributed by atoms with Crippen molar-refractivity contribution in [3.63, 3.8) is 0 Å². The van der Waals surface area contributed by atoms with E-state index in [2.05, 4.69) is 63.2 Å². The largest absolute Gasteiger partial charge is 0.390 e. The maximum atomic E-state index is 13.5. The maximum Gasteiger partial charge on any atom is 0.263 e. The summed E-state index contributed by atoms with van der Waals surface area (Å²) in [6.45, 7) is 14.3. The van der Waals surface area contributed by atoms with Gasteiger partial charge >= 0.3 is 0 Å². The monoisotopic (exact) mass is 531 g/mol. The predicted octanol–water partition coefficient (Wildman–Crippen LogP) is 9.39. The third-order valence-electron chi connectivity index (χ3n) is 8.94. The molecule has 0 aliphatic heterocycles. The second kappa shape index (κ2) is 10.4. The van der Waals surface area contributed by atoms with Gasteiger partial charge in [0.25, 0.3) is 5.56 Å². The Morgan fingerprint density at radius 3 is 1.90 bits per heavy atom. The molecule has 1 aliphatic rings. The highest BCUT2D eigenvalue weighted by molar-refractivity contribution is 6.20. The van der Waals surface area contributed by atoms with E-state index < -0.39 is 5.60 Å². The quantitative estimate of drug-likeness (QED) is 0.231. The standard InChI is InChI=1S/C26H17NO.C9H18O.C2H6/c1-16-13-22-19-9-5-6-10-24(19)27-25(22)23(14-16)21-15-18(11-12-20(21)26(27)28)17-7-3-2-4-8-17;1-8(2,7-5-6-7)9(3,4)10;1-2/h2-15H,1H3;7,10H,5-6H2,1-4H3;1-2H3. The van der Waals surface area contributed by atoms with E-state index in [1.54, 1.807) is 0 Å². The van der Waals surface area contributed by atoms with Crippen LogP contribution < -0.4 is 5.56 Å². The Hall–Kier alpha value is -3.69. The SMILES string of the molecule is CC.CC(C)(O)C(C)(C)C1CC1.Cc1cc2c3cc(-c4ccccc4)ccc3c(=O)n3c4ccccc4c(c1)c23. The van der Waals surface area contributed by atoms with Crippen LogP contribution in [0.25, 0.3) is 49.1 Å². The lowest BCUT2D eigenvalue weighted by Gasteiger charge is -2.37. The smallest absolute Gasteiger partial charge is 0.263 e. The molecule has 1 aliphatic carbocycles. The van der Waals surface area contributed by atoms with Gasteiger partial charge in [-0.1, -0.05) is 82.3 Å². The summed E-state index contributed by atoms with van der Waals surface area (Å²) in [4.78, 5) is 13.5. The first-order chi connectivity index (χ1) is 19.1. The van der Waals surface area contributed by atoms with Gasteiger partial charge in [0, 0.05) is 21.5 Å². The Bertz CT molecular complexity index is 1850. The number of hydrogen-bond donors (Lipinski definition) is 1. The van der Waals surface area contributed by atoms with Gasteiger partial charge in [-0.15, -0.1) is 0 Å². The van der Waals surface area contributed by atoms with Gasteiger partial charge in [-0.2, -0.15) is 0 Å². The van der Waals surface area contributed by atoms with Crippen molar-refractivity contribution in [2.45, 2.75) is 66.9 Å². The van der Waals surface area contributed by atoms with Crippen molar-refractivity contribution >= 4 is 38.0 Å². The zero-order chi connectivity index (χ0) is 28.8. The Morgan fingerprint density at radius 1 is 0.700 bits per heavy atom. The molecule has 0 bridgehead atoms. The van der Waals surface area contributed by atoms with Gasteiger partial charge in [0.2, 0.25) is 0 Å². The number of benzene rings is 4. The van der Waals surface area contributed by atoms with Crippen molar-refractivity contribution in [2.24, 2.45) is 11.3 Å². The minimum atomic E-state index is -0.520.